The van der Waals surface area contributed by atoms with Crippen LogP contribution in [0, 0.1) is 6.92 Å². The van der Waals surface area contributed by atoms with Gasteiger partial charge in [0.15, 0.2) is 0 Å². The maximum Gasteiger partial charge on any atom is 0.0396 e. The van der Waals surface area contributed by atoms with Crippen molar-refractivity contribution >= 4 is 21.6 Å². The van der Waals surface area contributed by atoms with Crippen molar-refractivity contribution in [1.82, 2.24) is 0 Å². The van der Waals surface area contributed by atoms with Gasteiger partial charge < -0.3 is 4.90 Å². The van der Waals surface area contributed by atoms with Crippen LogP contribution >= 0.6 is 15.9 Å². The minimum absolute atomic E-state index is 1.15. The largest absolute Gasteiger partial charge is 0.371 e. The lowest BCUT2D eigenvalue weighted by atomic mass is 10.1. The molecule has 0 aliphatic carbocycles. The molecule has 0 heterocycles. The monoisotopic (exact) mass is 269 g/mol. The molecule has 84 valence electrons. The summed E-state index contributed by atoms with van der Waals surface area (Å²) in [5.41, 5.74) is 2.73. The number of nitrogens with zero attached hydrogens (tertiary/aromatic N) is 1. The Bertz CT molecular complexity index is 303. The third-order valence-electron chi connectivity index (χ3n) is 2.49. The third kappa shape index (κ3) is 3.53. The Morgan fingerprint density at radius 1 is 1.13 bits per heavy atom. The van der Waals surface area contributed by atoms with Crippen LogP contribution < -0.4 is 4.90 Å². The van der Waals surface area contributed by atoms with Crippen molar-refractivity contribution in [2.45, 2.75) is 33.6 Å². The van der Waals surface area contributed by atoms with Gasteiger partial charge in [-0.1, -0.05) is 29.8 Å². The molecule has 0 spiro atoms. The predicted molar refractivity (Wildman–Crippen MR) is 71.7 cm³/mol. The molecular weight excluding hydrogens is 250 g/mol. The number of aryl methyl sites for hydroxylation is 1. The van der Waals surface area contributed by atoms with E-state index in [-0.39, 0.29) is 0 Å². The number of halogens is 1. The summed E-state index contributed by atoms with van der Waals surface area (Å²) in [5.74, 6) is 0. The summed E-state index contributed by atoms with van der Waals surface area (Å²) in [6.45, 7) is 8.94. The van der Waals surface area contributed by atoms with Gasteiger partial charge in [0.2, 0.25) is 0 Å². The lowest BCUT2D eigenvalue weighted by Crippen LogP contribution is -2.25. The zero-order valence-electron chi connectivity index (χ0n) is 9.89. The molecule has 1 aromatic carbocycles. The van der Waals surface area contributed by atoms with E-state index in [1.165, 1.54) is 24.1 Å². The summed E-state index contributed by atoms with van der Waals surface area (Å²) in [6, 6.07) is 6.53. The molecule has 1 aromatic rings. The number of hydrogen-bond acceptors (Lipinski definition) is 1. The highest BCUT2D eigenvalue weighted by Gasteiger charge is 2.07. The van der Waals surface area contributed by atoms with Crippen molar-refractivity contribution in [2.24, 2.45) is 0 Å². The first kappa shape index (κ1) is 12.6. The van der Waals surface area contributed by atoms with E-state index < -0.39 is 0 Å². The molecule has 2 heteroatoms. The van der Waals surface area contributed by atoms with Gasteiger partial charge in [0, 0.05) is 23.2 Å². The Hall–Kier alpha value is -0.500. The minimum atomic E-state index is 1.15. The van der Waals surface area contributed by atoms with Crippen molar-refractivity contribution < 1.29 is 0 Å². The predicted octanol–water partition coefficient (Wildman–Crippen LogP) is 4.38. The molecule has 1 rings (SSSR count). The lowest BCUT2D eigenvalue weighted by Gasteiger charge is -2.25. The highest BCUT2D eigenvalue weighted by molar-refractivity contribution is 9.10. The van der Waals surface area contributed by atoms with Crippen LogP contribution in [-0.2, 0) is 0 Å². The van der Waals surface area contributed by atoms with E-state index in [4.69, 9.17) is 0 Å². The second-order valence-corrected chi connectivity index (χ2v) is 4.83. The number of hydrogen-bond donors (Lipinski definition) is 0. The van der Waals surface area contributed by atoms with Gasteiger partial charge in [-0.05, 0) is 43.5 Å². The van der Waals surface area contributed by atoms with Gasteiger partial charge in [-0.25, -0.2) is 0 Å². The quantitative estimate of drug-likeness (QED) is 0.767. The van der Waals surface area contributed by atoms with E-state index in [0.29, 0.717) is 0 Å². The Labute approximate surface area is 102 Å². The summed E-state index contributed by atoms with van der Waals surface area (Å²) >= 11 is 3.50. The topological polar surface area (TPSA) is 3.24 Å². The molecule has 0 amide bonds. The smallest absolute Gasteiger partial charge is 0.0396 e. The summed E-state index contributed by atoms with van der Waals surface area (Å²) in [4.78, 5) is 2.47. The normalized spacial score (nSPS) is 10.4. The summed E-state index contributed by atoms with van der Waals surface area (Å²) < 4.78 is 1.16. The summed E-state index contributed by atoms with van der Waals surface area (Å²) in [7, 11) is 0. The van der Waals surface area contributed by atoms with Crippen LogP contribution in [0.5, 0.6) is 0 Å². The van der Waals surface area contributed by atoms with Crippen LogP contribution in [0.2, 0.25) is 0 Å². The molecule has 0 fully saturated rings. The average molecular weight is 270 g/mol. The summed E-state index contributed by atoms with van der Waals surface area (Å²) in [6.07, 6.45) is 2.41. The van der Waals surface area contributed by atoms with Gasteiger partial charge in [-0.3, -0.25) is 0 Å². The molecule has 0 saturated carbocycles. The first-order valence-corrected chi connectivity index (χ1v) is 6.49. The van der Waals surface area contributed by atoms with Gasteiger partial charge in [-0.15, -0.1) is 0 Å². The van der Waals surface area contributed by atoms with E-state index in [9.17, 15) is 0 Å². The number of benzene rings is 1. The SMILES string of the molecule is CCCN(CCC)c1ccc(Br)cc1C. The van der Waals surface area contributed by atoms with E-state index >= 15 is 0 Å². The average Bonchev–Trinajstić information content (AvgIpc) is 2.17. The molecule has 15 heavy (non-hydrogen) atoms. The molecule has 0 aromatic heterocycles. The fraction of sp³-hybridized carbons (Fsp3) is 0.538. The molecule has 0 unspecified atom stereocenters. The Kier molecular flexibility index (Phi) is 5.16. The van der Waals surface area contributed by atoms with Crippen LogP contribution in [0.4, 0.5) is 5.69 Å². The van der Waals surface area contributed by atoms with E-state index in [1.807, 2.05) is 0 Å². The van der Waals surface area contributed by atoms with E-state index in [1.54, 1.807) is 0 Å². The highest BCUT2D eigenvalue weighted by Crippen LogP contribution is 2.24. The molecule has 0 aliphatic heterocycles. The fourth-order valence-electron chi connectivity index (χ4n) is 1.87. The van der Waals surface area contributed by atoms with Crippen molar-refractivity contribution in [3.8, 4) is 0 Å². The maximum absolute atomic E-state index is 3.50. The van der Waals surface area contributed by atoms with Crippen molar-refractivity contribution in [1.29, 1.82) is 0 Å². The molecule has 1 nitrogen and oxygen atoms in total. The van der Waals surface area contributed by atoms with Crippen molar-refractivity contribution in [3.63, 3.8) is 0 Å². The first-order chi connectivity index (χ1) is 7.19. The number of anilines is 1. The first-order valence-electron chi connectivity index (χ1n) is 5.70. The standard InChI is InChI=1S/C13H20BrN/c1-4-8-15(9-5-2)13-7-6-12(14)10-11(13)3/h6-7,10H,4-5,8-9H2,1-3H3. The zero-order valence-corrected chi connectivity index (χ0v) is 11.5. The minimum Gasteiger partial charge on any atom is -0.371 e. The molecule has 0 N–H and O–H groups in total. The molecular formula is C13H20BrN. The van der Waals surface area contributed by atoms with Crippen LogP contribution in [0.25, 0.3) is 0 Å². The van der Waals surface area contributed by atoms with Crippen LogP contribution in [0.15, 0.2) is 22.7 Å². The van der Waals surface area contributed by atoms with Crippen LogP contribution in [-0.4, -0.2) is 13.1 Å². The summed E-state index contributed by atoms with van der Waals surface area (Å²) in [5, 5.41) is 0. The highest BCUT2D eigenvalue weighted by atomic mass is 79.9. The van der Waals surface area contributed by atoms with Crippen LogP contribution in [0.3, 0.4) is 0 Å². The third-order valence-corrected chi connectivity index (χ3v) is 2.98. The van der Waals surface area contributed by atoms with Crippen LogP contribution in [0.1, 0.15) is 32.3 Å². The molecule has 0 atom stereocenters. The van der Waals surface area contributed by atoms with Gasteiger partial charge in [0.1, 0.15) is 0 Å². The zero-order chi connectivity index (χ0) is 11.3. The molecule has 0 bridgehead atoms. The van der Waals surface area contributed by atoms with Crippen molar-refractivity contribution in [3.05, 3.63) is 28.2 Å². The second-order valence-electron chi connectivity index (χ2n) is 3.92. The van der Waals surface area contributed by atoms with Crippen molar-refractivity contribution in [2.75, 3.05) is 18.0 Å². The molecule has 0 saturated heterocycles. The Balaban J connectivity index is 2.89. The Morgan fingerprint density at radius 3 is 2.20 bits per heavy atom. The Morgan fingerprint density at radius 2 is 1.73 bits per heavy atom. The maximum atomic E-state index is 3.50. The number of rotatable bonds is 5. The van der Waals surface area contributed by atoms with Gasteiger partial charge in [0.25, 0.3) is 0 Å². The fourth-order valence-corrected chi connectivity index (χ4v) is 2.34. The molecule has 0 aliphatic rings. The molecule has 0 radical (unpaired) electrons. The van der Waals surface area contributed by atoms with Gasteiger partial charge in [-0.2, -0.15) is 0 Å². The van der Waals surface area contributed by atoms with Gasteiger partial charge >= 0.3 is 0 Å². The van der Waals surface area contributed by atoms with E-state index in [2.05, 4.69) is 59.8 Å². The second kappa shape index (κ2) is 6.16. The van der Waals surface area contributed by atoms with Gasteiger partial charge in [0.05, 0.1) is 0 Å². The van der Waals surface area contributed by atoms with E-state index in [0.717, 1.165) is 17.6 Å². The lowest BCUT2D eigenvalue weighted by molar-refractivity contribution is 0.742.